The topological polar surface area (TPSA) is 82.6 Å². The molecule has 2 aliphatic heterocycles. The van der Waals surface area contributed by atoms with E-state index >= 15 is 0 Å². The van der Waals surface area contributed by atoms with Gasteiger partial charge in [-0.1, -0.05) is 0 Å². The smallest absolute Gasteiger partial charge is 0.254 e. The summed E-state index contributed by atoms with van der Waals surface area (Å²) in [6, 6.07) is 4.98. The average Bonchev–Trinajstić information content (AvgIpc) is 3.16. The second-order valence-electron chi connectivity index (χ2n) is 9.72. The van der Waals surface area contributed by atoms with Crippen molar-refractivity contribution >= 4 is 21.6 Å². The number of halogens is 4. The molecular formula is C24H26F4N4O3S. The fourth-order valence-electron chi connectivity index (χ4n) is 5.24. The molecule has 36 heavy (non-hydrogen) atoms. The number of aromatic nitrogens is 1. The molecule has 194 valence electrons. The number of benzene rings is 1. The van der Waals surface area contributed by atoms with E-state index in [1.54, 1.807) is 4.90 Å². The molecule has 7 nitrogen and oxygen atoms in total. The lowest BCUT2D eigenvalue weighted by Gasteiger charge is -2.34. The Balaban J connectivity index is 1.23. The SMILES string of the molecule is O=C(NCc1cc(N2CCC3(CC2)CC3(F)F)c(F)cn1)[C@@H]1CCCN1S(=O)(=O)c1ccc(F)cc1. The van der Waals surface area contributed by atoms with Crippen LogP contribution in [-0.2, 0) is 21.4 Å². The van der Waals surface area contributed by atoms with Crippen molar-refractivity contribution in [3.05, 3.63) is 53.9 Å². The summed E-state index contributed by atoms with van der Waals surface area (Å²) in [5.41, 5.74) is -0.345. The van der Waals surface area contributed by atoms with Gasteiger partial charge in [0.1, 0.15) is 11.9 Å². The van der Waals surface area contributed by atoms with Crippen LogP contribution >= 0.6 is 0 Å². The van der Waals surface area contributed by atoms with Crippen LogP contribution in [0.5, 0.6) is 0 Å². The molecule has 0 unspecified atom stereocenters. The van der Waals surface area contributed by atoms with Crippen LogP contribution in [0.15, 0.2) is 41.4 Å². The largest absolute Gasteiger partial charge is 0.369 e. The maximum atomic E-state index is 14.5. The van der Waals surface area contributed by atoms with Gasteiger partial charge in [0.05, 0.1) is 29.0 Å². The minimum atomic E-state index is -3.99. The Kier molecular flexibility index (Phi) is 6.22. The summed E-state index contributed by atoms with van der Waals surface area (Å²) in [6.07, 6.45) is 2.32. The number of nitrogens with one attached hydrogen (secondary N) is 1. The highest BCUT2D eigenvalue weighted by Gasteiger charge is 2.70. The van der Waals surface area contributed by atoms with Gasteiger partial charge in [-0.3, -0.25) is 9.78 Å². The number of carbonyl (C=O) groups excluding carboxylic acids is 1. The summed E-state index contributed by atoms with van der Waals surface area (Å²) in [7, 11) is -3.99. The Bertz CT molecular complexity index is 1260. The van der Waals surface area contributed by atoms with Crippen LogP contribution in [-0.4, -0.2) is 55.2 Å². The van der Waals surface area contributed by atoms with Gasteiger partial charge in [0.15, 0.2) is 5.82 Å². The molecule has 3 aliphatic rings. The van der Waals surface area contributed by atoms with E-state index in [-0.39, 0.29) is 42.9 Å². The molecule has 0 bridgehead atoms. The van der Waals surface area contributed by atoms with Crippen molar-refractivity contribution in [2.45, 2.75) is 55.5 Å². The van der Waals surface area contributed by atoms with Crippen molar-refractivity contribution in [1.82, 2.24) is 14.6 Å². The molecule has 3 heterocycles. The summed E-state index contributed by atoms with van der Waals surface area (Å²) in [4.78, 5) is 18.5. The lowest BCUT2D eigenvalue weighted by Crippen LogP contribution is -2.45. The molecular weight excluding hydrogens is 500 g/mol. The highest BCUT2D eigenvalue weighted by molar-refractivity contribution is 7.89. The van der Waals surface area contributed by atoms with Crippen LogP contribution in [0.2, 0.25) is 0 Å². The van der Waals surface area contributed by atoms with E-state index in [2.05, 4.69) is 10.3 Å². The molecule has 1 aromatic carbocycles. The lowest BCUT2D eigenvalue weighted by molar-refractivity contribution is -0.124. The number of pyridine rings is 1. The van der Waals surface area contributed by atoms with Crippen LogP contribution in [0, 0.1) is 17.0 Å². The minimum absolute atomic E-state index is 0.0527. The molecule has 12 heteroatoms. The van der Waals surface area contributed by atoms with E-state index in [0.717, 1.165) is 34.8 Å². The first-order chi connectivity index (χ1) is 17.0. The molecule has 2 aromatic rings. The number of alkyl halides is 2. The molecule has 1 amide bonds. The van der Waals surface area contributed by atoms with E-state index in [9.17, 15) is 30.8 Å². The lowest BCUT2D eigenvalue weighted by atomic mass is 9.92. The first-order valence-electron chi connectivity index (χ1n) is 11.8. The normalized spacial score (nSPS) is 23.1. The van der Waals surface area contributed by atoms with Crippen LogP contribution < -0.4 is 10.2 Å². The van der Waals surface area contributed by atoms with E-state index in [0.29, 0.717) is 31.6 Å². The van der Waals surface area contributed by atoms with E-state index in [4.69, 9.17) is 0 Å². The highest BCUT2D eigenvalue weighted by Crippen LogP contribution is 2.66. The van der Waals surface area contributed by atoms with E-state index in [1.807, 2.05) is 0 Å². The van der Waals surface area contributed by atoms with Crippen molar-refractivity contribution in [3.63, 3.8) is 0 Å². The molecule has 1 saturated carbocycles. The molecule has 5 rings (SSSR count). The van der Waals surface area contributed by atoms with Gasteiger partial charge in [-0.05, 0) is 56.0 Å². The molecule has 1 aromatic heterocycles. The predicted octanol–water partition coefficient (Wildman–Crippen LogP) is 3.45. The summed E-state index contributed by atoms with van der Waals surface area (Å²) in [5, 5.41) is 2.68. The van der Waals surface area contributed by atoms with Crippen LogP contribution in [0.25, 0.3) is 0 Å². The number of sulfonamides is 1. The quantitative estimate of drug-likeness (QED) is 0.584. The average molecular weight is 527 g/mol. The summed E-state index contributed by atoms with van der Waals surface area (Å²) < 4.78 is 82.1. The molecule has 3 fully saturated rings. The Morgan fingerprint density at radius 1 is 1.11 bits per heavy atom. The zero-order chi connectivity index (χ0) is 25.7. The number of piperidine rings is 1. The molecule has 0 radical (unpaired) electrons. The van der Waals surface area contributed by atoms with Crippen molar-refractivity contribution in [2.75, 3.05) is 24.5 Å². The van der Waals surface area contributed by atoms with E-state index in [1.165, 1.54) is 6.07 Å². The van der Waals surface area contributed by atoms with Crippen LogP contribution in [0.1, 0.15) is 37.8 Å². The zero-order valence-corrected chi connectivity index (χ0v) is 20.2. The van der Waals surface area contributed by atoms with Crippen molar-refractivity contribution in [1.29, 1.82) is 0 Å². The van der Waals surface area contributed by atoms with E-state index < -0.39 is 44.9 Å². The van der Waals surface area contributed by atoms with Crippen molar-refractivity contribution in [2.24, 2.45) is 5.41 Å². The molecule has 1 N–H and O–H groups in total. The third-order valence-corrected chi connectivity index (χ3v) is 9.46. The minimum Gasteiger partial charge on any atom is -0.369 e. The molecule has 1 aliphatic carbocycles. The van der Waals surface area contributed by atoms with Gasteiger partial charge in [-0.15, -0.1) is 0 Å². The Hall–Kier alpha value is -2.73. The Labute approximate surface area is 206 Å². The number of hydrogen-bond donors (Lipinski definition) is 1. The summed E-state index contributed by atoms with van der Waals surface area (Å²) >= 11 is 0. The first-order valence-corrected chi connectivity index (χ1v) is 13.3. The van der Waals surface area contributed by atoms with Crippen LogP contribution in [0.3, 0.4) is 0 Å². The Morgan fingerprint density at radius 2 is 1.78 bits per heavy atom. The van der Waals surface area contributed by atoms with Gasteiger partial charge in [0.2, 0.25) is 15.9 Å². The third-order valence-electron chi connectivity index (χ3n) is 7.53. The number of nitrogens with zero attached hydrogens (tertiary/aromatic N) is 3. The monoisotopic (exact) mass is 526 g/mol. The zero-order valence-electron chi connectivity index (χ0n) is 19.4. The fraction of sp³-hybridized carbons (Fsp3) is 0.500. The predicted molar refractivity (Wildman–Crippen MR) is 123 cm³/mol. The second kappa shape index (κ2) is 8.98. The maximum absolute atomic E-state index is 14.5. The van der Waals surface area contributed by atoms with Gasteiger partial charge in [-0.25, -0.2) is 26.0 Å². The summed E-state index contributed by atoms with van der Waals surface area (Å²) in [5.74, 6) is -4.29. The van der Waals surface area contributed by atoms with Gasteiger partial charge >= 0.3 is 0 Å². The van der Waals surface area contributed by atoms with Crippen LogP contribution in [0.4, 0.5) is 23.2 Å². The van der Waals surface area contributed by atoms with Gasteiger partial charge in [0.25, 0.3) is 5.92 Å². The van der Waals surface area contributed by atoms with Crippen molar-refractivity contribution < 1.29 is 30.8 Å². The summed E-state index contributed by atoms with van der Waals surface area (Å²) in [6.45, 7) is 0.719. The van der Waals surface area contributed by atoms with Crippen molar-refractivity contribution in [3.8, 4) is 0 Å². The maximum Gasteiger partial charge on any atom is 0.254 e. The third kappa shape index (κ3) is 4.45. The number of carbonyl (C=O) groups is 1. The number of anilines is 1. The standard InChI is InChI=1S/C24H26F4N4O3S/c25-16-3-5-18(6-4-16)36(34,35)32-9-1-2-20(32)22(33)30-13-17-12-21(19(26)14-29-17)31-10-7-23(8-11-31)15-24(23,27)28/h3-6,12,14,20H,1-2,7-11,13,15H2,(H,30,33)/t20-/m0/s1. The number of hydrogen-bond acceptors (Lipinski definition) is 5. The second-order valence-corrected chi connectivity index (χ2v) is 11.6. The highest BCUT2D eigenvalue weighted by atomic mass is 32.2. The Morgan fingerprint density at radius 3 is 2.42 bits per heavy atom. The van der Waals surface area contributed by atoms with Gasteiger partial charge in [-0.2, -0.15) is 4.31 Å². The molecule has 1 atom stereocenters. The van der Waals surface area contributed by atoms with Gasteiger partial charge < -0.3 is 10.2 Å². The number of rotatable bonds is 6. The first kappa shape index (κ1) is 24.9. The molecule has 1 spiro atoms. The molecule has 2 saturated heterocycles. The fourth-order valence-corrected chi connectivity index (χ4v) is 6.89. The number of amides is 1. The van der Waals surface area contributed by atoms with Gasteiger partial charge in [0, 0.05) is 31.5 Å².